The zero-order chi connectivity index (χ0) is 13.4. The molecule has 0 radical (unpaired) electrons. The topological polar surface area (TPSA) is 55.7 Å². The summed E-state index contributed by atoms with van der Waals surface area (Å²) in [5.74, 6) is 1.50. The lowest BCUT2D eigenvalue weighted by Crippen LogP contribution is -2.45. The first-order valence-corrected chi connectivity index (χ1v) is 7.36. The molecule has 1 aliphatic carbocycles. The Morgan fingerprint density at radius 2 is 1.83 bits per heavy atom. The van der Waals surface area contributed by atoms with E-state index in [2.05, 4.69) is 17.1 Å². The molecule has 108 valence electrons. The summed E-state index contributed by atoms with van der Waals surface area (Å²) >= 11 is 0. The second-order valence-corrected chi connectivity index (χ2v) is 5.49. The van der Waals surface area contributed by atoms with Crippen molar-refractivity contribution < 1.29 is 10.2 Å². The van der Waals surface area contributed by atoms with Crippen molar-refractivity contribution in [1.82, 2.24) is 10.2 Å². The fourth-order valence-electron chi connectivity index (χ4n) is 3.22. The third-order valence-corrected chi connectivity index (χ3v) is 4.36. The Morgan fingerprint density at radius 3 is 2.33 bits per heavy atom. The molecule has 0 saturated heterocycles. The predicted molar refractivity (Wildman–Crippen MR) is 74.6 cm³/mol. The van der Waals surface area contributed by atoms with Crippen LogP contribution in [-0.2, 0) is 0 Å². The zero-order valence-corrected chi connectivity index (χ0v) is 11.9. The molecular weight excluding hydrogens is 228 g/mol. The monoisotopic (exact) mass is 258 g/mol. The molecule has 0 amide bonds. The lowest BCUT2D eigenvalue weighted by atomic mass is 9.76. The maximum absolute atomic E-state index is 9.08. The van der Waals surface area contributed by atoms with Gasteiger partial charge < -0.3 is 15.5 Å². The van der Waals surface area contributed by atoms with Gasteiger partial charge >= 0.3 is 0 Å². The van der Waals surface area contributed by atoms with Crippen LogP contribution in [0.25, 0.3) is 0 Å². The van der Waals surface area contributed by atoms with Gasteiger partial charge in [0, 0.05) is 25.7 Å². The highest BCUT2D eigenvalue weighted by Gasteiger charge is 2.29. The molecule has 0 aliphatic heterocycles. The third-order valence-electron chi connectivity index (χ3n) is 4.36. The fraction of sp³-hybridized carbons (Fsp3) is 1.00. The van der Waals surface area contributed by atoms with E-state index in [1.807, 2.05) is 7.05 Å². The smallest absolute Gasteiger partial charge is 0.0558 e. The molecule has 0 spiro atoms. The van der Waals surface area contributed by atoms with Crippen LogP contribution in [-0.4, -0.2) is 61.1 Å². The molecule has 18 heavy (non-hydrogen) atoms. The number of hydrogen-bond acceptors (Lipinski definition) is 4. The van der Waals surface area contributed by atoms with Crippen LogP contribution in [0, 0.1) is 11.8 Å². The molecule has 4 nitrogen and oxygen atoms in total. The van der Waals surface area contributed by atoms with Crippen molar-refractivity contribution in [2.24, 2.45) is 11.8 Å². The van der Waals surface area contributed by atoms with Gasteiger partial charge in [-0.05, 0) is 38.1 Å². The van der Waals surface area contributed by atoms with Gasteiger partial charge in [0.15, 0.2) is 0 Å². The Hall–Kier alpha value is -0.160. The van der Waals surface area contributed by atoms with E-state index in [1.54, 1.807) is 0 Å². The molecule has 1 saturated carbocycles. The summed E-state index contributed by atoms with van der Waals surface area (Å²) in [4.78, 5) is 2.19. The van der Waals surface area contributed by atoms with Gasteiger partial charge in [0.05, 0.1) is 13.2 Å². The standard InChI is InChI=1S/C14H30N2O2/c1-3-12-4-5-14(15-2)13(10-12)11-16(6-8-17)7-9-18/h12-15,17-18H,3-11H2,1-2H3. The first kappa shape index (κ1) is 15.9. The minimum atomic E-state index is 0.175. The lowest BCUT2D eigenvalue weighted by molar-refractivity contribution is 0.107. The van der Waals surface area contributed by atoms with E-state index in [-0.39, 0.29) is 13.2 Å². The Bertz CT molecular complexity index is 208. The van der Waals surface area contributed by atoms with Crippen molar-refractivity contribution in [3.8, 4) is 0 Å². The van der Waals surface area contributed by atoms with Crippen molar-refractivity contribution in [2.45, 2.75) is 38.6 Å². The summed E-state index contributed by atoms with van der Waals surface area (Å²) in [6.45, 7) is 4.96. The van der Waals surface area contributed by atoms with E-state index >= 15 is 0 Å². The second kappa shape index (κ2) is 8.86. The Morgan fingerprint density at radius 1 is 1.17 bits per heavy atom. The molecular formula is C14H30N2O2. The van der Waals surface area contributed by atoms with Crippen LogP contribution >= 0.6 is 0 Å². The number of aliphatic hydroxyl groups is 2. The van der Waals surface area contributed by atoms with E-state index in [4.69, 9.17) is 10.2 Å². The van der Waals surface area contributed by atoms with Crippen LogP contribution in [0.1, 0.15) is 32.6 Å². The first-order valence-electron chi connectivity index (χ1n) is 7.36. The molecule has 3 atom stereocenters. The van der Waals surface area contributed by atoms with Gasteiger partial charge in [0.1, 0.15) is 0 Å². The number of nitrogens with zero attached hydrogens (tertiary/aromatic N) is 1. The fourth-order valence-corrected chi connectivity index (χ4v) is 3.22. The van der Waals surface area contributed by atoms with Crippen molar-refractivity contribution in [3.63, 3.8) is 0 Å². The number of nitrogens with one attached hydrogen (secondary N) is 1. The molecule has 0 aromatic carbocycles. The highest BCUT2D eigenvalue weighted by molar-refractivity contribution is 4.85. The van der Waals surface area contributed by atoms with Crippen LogP contribution in [0.3, 0.4) is 0 Å². The summed E-state index contributed by atoms with van der Waals surface area (Å²) < 4.78 is 0. The Labute approximate surface area is 111 Å². The minimum absolute atomic E-state index is 0.175. The summed E-state index contributed by atoms with van der Waals surface area (Å²) in [6, 6.07) is 0.590. The van der Waals surface area contributed by atoms with Crippen molar-refractivity contribution in [2.75, 3.05) is 39.9 Å². The van der Waals surface area contributed by atoms with Gasteiger partial charge in [-0.1, -0.05) is 13.3 Å². The van der Waals surface area contributed by atoms with Crippen molar-refractivity contribution >= 4 is 0 Å². The van der Waals surface area contributed by atoms with Gasteiger partial charge in [-0.3, -0.25) is 4.90 Å². The molecule has 0 bridgehead atoms. The largest absolute Gasteiger partial charge is 0.395 e. The quantitative estimate of drug-likeness (QED) is 0.599. The summed E-state index contributed by atoms with van der Waals surface area (Å²) in [6.07, 6.45) is 5.13. The Balaban J connectivity index is 2.52. The number of rotatable bonds is 8. The van der Waals surface area contributed by atoms with Gasteiger partial charge in [-0.2, -0.15) is 0 Å². The van der Waals surface area contributed by atoms with Crippen molar-refractivity contribution in [1.29, 1.82) is 0 Å². The predicted octanol–water partition coefficient (Wildman–Crippen LogP) is 0.687. The van der Waals surface area contributed by atoms with Crippen LogP contribution in [0.2, 0.25) is 0 Å². The average molecular weight is 258 g/mol. The van der Waals surface area contributed by atoms with Gasteiger partial charge in [0.25, 0.3) is 0 Å². The minimum Gasteiger partial charge on any atom is -0.395 e. The molecule has 0 aromatic rings. The maximum atomic E-state index is 9.08. The van der Waals surface area contributed by atoms with E-state index in [0.29, 0.717) is 25.0 Å². The maximum Gasteiger partial charge on any atom is 0.0558 e. The molecule has 0 aromatic heterocycles. The highest BCUT2D eigenvalue weighted by Crippen LogP contribution is 2.31. The molecule has 4 heteroatoms. The van der Waals surface area contributed by atoms with Gasteiger partial charge in [-0.15, -0.1) is 0 Å². The number of aliphatic hydroxyl groups excluding tert-OH is 2. The van der Waals surface area contributed by atoms with Crippen LogP contribution < -0.4 is 5.32 Å². The van der Waals surface area contributed by atoms with Crippen LogP contribution in [0.4, 0.5) is 0 Å². The van der Waals surface area contributed by atoms with Gasteiger partial charge in [0.2, 0.25) is 0 Å². The molecule has 1 fully saturated rings. The lowest BCUT2D eigenvalue weighted by Gasteiger charge is -2.38. The molecule has 3 unspecified atom stereocenters. The van der Waals surface area contributed by atoms with E-state index in [9.17, 15) is 0 Å². The zero-order valence-electron chi connectivity index (χ0n) is 11.9. The molecule has 1 aliphatic rings. The van der Waals surface area contributed by atoms with Crippen molar-refractivity contribution in [3.05, 3.63) is 0 Å². The SMILES string of the molecule is CCC1CCC(NC)C(CN(CCO)CCO)C1. The second-order valence-electron chi connectivity index (χ2n) is 5.49. The van der Waals surface area contributed by atoms with E-state index in [0.717, 1.165) is 12.5 Å². The molecule has 0 heterocycles. The molecule has 3 N–H and O–H groups in total. The number of hydrogen-bond donors (Lipinski definition) is 3. The Kier molecular flexibility index (Phi) is 7.82. The average Bonchev–Trinajstić information content (AvgIpc) is 2.39. The summed E-state index contributed by atoms with van der Waals surface area (Å²) in [5, 5.41) is 21.6. The summed E-state index contributed by atoms with van der Waals surface area (Å²) in [5.41, 5.74) is 0. The van der Waals surface area contributed by atoms with E-state index in [1.165, 1.54) is 25.7 Å². The van der Waals surface area contributed by atoms with Gasteiger partial charge in [-0.25, -0.2) is 0 Å². The summed E-state index contributed by atoms with van der Waals surface area (Å²) in [7, 11) is 2.05. The highest BCUT2D eigenvalue weighted by atomic mass is 16.3. The van der Waals surface area contributed by atoms with Crippen LogP contribution in [0.15, 0.2) is 0 Å². The van der Waals surface area contributed by atoms with Crippen LogP contribution in [0.5, 0.6) is 0 Å². The third kappa shape index (κ3) is 4.84. The van der Waals surface area contributed by atoms with E-state index < -0.39 is 0 Å². The molecule has 1 rings (SSSR count). The first-order chi connectivity index (χ1) is 8.74. The normalized spacial score (nSPS) is 28.8.